The summed E-state index contributed by atoms with van der Waals surface area (Å²) in [5, 5.41) is 3.30. The monoisotopic (exact) mass is 415 g/mol. The molecule has 1 aliphatic carbocycles. The van der Waals surface area contributed by atoms with Crippen LogP contribution in [0.25, 0.3) is 10.2 Å². The summed E-state index contributed by atoms with van der Waals surface area (Å²) in [6, 6.07) is 4.44. The van der Waals surface area contributed by atoms with Gasteiger partial charge in [0.15, 0.2) is 0 Å². The molecular formula is C23H33N3O2S. The summed E-state index contributed by atoms with van der Waals surface area (Å²) in [7, 11) is 0. The van der Waals surface area contributed by atoms with Crippen LogP contribution in [0.1, 0.15) is 75.2 Å². The zero-order chi connectivity index (χ0) is 20.8. The molecule has 1 fully saturated rings. The third kappa shape index (κ3) is 3.49. The number of rotatable bonds is 5. The normalized spacial score (nSPS) is 27.3. The third-order valence-corrected chi connectivity index (χ3v) is 8.02. The van der Waals surface area contributed by atoms with Gasteiger partial charge in [-0.15, -0.1) is 11.3 Å². The van der Waals surface area contributed by atoms with Gasteiger partial charge in [0.1, 0.15) is 11.2 Å². The fraction of sp³-hybridized carbons (Fsp3) is 0.652. The van der Waals surface area contributed by atoms with Crippen LogP contribution in [0, 0.1) is 5.92 Å². The summed E-state index contributed by atoms with van der Waals surface area (Å²) < 4.78 is 3.23. The van der Waals surface area contributed by atoms with Crippen molar-refractivity contribution in [1.29, 1.82) is 0 Å². The second-order valence-corrected chi connectivity index (χ2v) is 10.3. The fourth-order valence-electron chi connectivity index (χ4n) is 4.88. The number of fused-ring (bicyclic) bond motifs is 3. The van der Waals surface area contributed by atoms with Crippen LogP contribution in [0.3, 0.4) is 0 Å². The van der Waals surface area contributed by atoms with E-state index in [0.717, 1.165) is 60.4 Å². The van der Waals surface area contributed by atoms with Crippen molar-refractivity contribution >= 4 is 33.4 Å². The second-order valence-electron chi connectivity index (χ2n) is 9.09. The first-order chi connectivity index (χ1) is 13.9. The Morgan fingerprint density at radius 1 is 1.24 bits per heavy atom. The summed E-state index contributed by atoms with van der Waals surface area (Å²) in [6.45, 7) is 9.57. The molecule has 1 saturated carbocycles. The molecule has 0 spiro atoms. The van der Waals surface area contributed by atoms with Gasteiger partial charge >= 0.3 is 0 Å². The van der Waals surface area contributed by atoms with E-state index in [9.17, 15) is 9.59 Å². The van der Waals surface area contributed by atoms with Crippen LogP contribution >= 0.6 is 11.3 Å². The van der Waals surface area contributed by atoms with E-state index in [1.54, 1.807) is 11.3 Å². The van der Waals surface area contributed by atoms with Gasteiger partial charge in [-0.05, 0) is 63.5 Å². The Morgan fingerprint density at radius 2 is 1.97 bits per heavy atom. The van der Waals surface area contributed by atoms with E-state index in [1.165, 1.54) is 4.88 Å². The largest absolute Gasteiger partial charge is 0.351 e. The summed E-state index contributed by atoms with van der Waals surface area (Å²) in [5.41, 5.74) is 0.958. The van der Waals surface area contributed by atoms with Crippen molar-refractivity contribution < 1.29 is 9.59 Å². The Bertz CT molecular complexity index is 922. The SMILES string of the molecule is CCCN1C(=O)c2cc3sc(CC)cc3n2C[C@@]1(C)C(=O)NC1CCC(C)CC1. The molecule has 2 aromatic rings. The van der Waals surface area contributed by atoms with Crippen molar-refractivity contribution in [2.45, 2.75) is 84.3 Å². The average molecular weight is 416 g/mol. The number of aryl methyl sites for hydroxylation is 1. The van der Waals surface area contributed by atoms with Crippen LogP contribution in [0.15, 0.2) is 12.1 Å². The van der Waals surface area contributed by atoms with Gasteiger partial charge in [0.2, 0.25) is 5.91 Å². The molecule has 0 aromatic carbocycles. The molecule has 0 bridgehead atoms. The van der Waals surface area contributed by atoms with Crippen LogP contribution in [-0.2, 0) is 17.8 Å². The molecule has 2 amide bonds. The minimum atomic E-state index is -0.858. The van der Waals surface area contributed by atoms with E-state index in [0.29, 0.717) is 13.1 Å². The van der Waals surface area contributed by atoms with Gasteiger partial charge < -0.3 is 14.8 Å². The molecule has 1 aliphatic heterocycles. The predicted molar refractivity (Wildman–Crippen MR) is 118 cm³/mol. The van der Waals surface area contributed by atoms with Crippen LogP contribution in [0.2, 0.25) is 0 Å². The van der Waals surface area contributed by atoms with E-state index in [1.807, 2.05) is 17.9 Å². The molecule has 0 saturated heterocycles. The van der Waals surface area contributed by atoms with E-state index >= 15 is 0 Å². The molecule has 0 unspecified atom stereocenters. The molecule has 1 N–H and O–H groups in total. The van der Waals surface area contributed by atoms with Gasteiger partial charge in [0.25, 0.3) is 5.91 Å². The number of nitrogens with zero attached hydrogens (tertiary/aromatic N) is 2. The van der Waals surface area contributed by atoms with Crippen LogP contribution in [0.4, 0.5) is 0 Å². The number of carbonyl (C=O) groups excluding carboxylic acids is 2. The minimum Gasteiger partial charge on any atom is -0.351 e. The van der Waals surface area contributed by atoms with Gasteiger partial charge in [-0.3, -0.25) is 9.59 Å². The van der Waals surface area contributed by atoms with Crippen molar-refractivity contribution in [3.8, 4) is 0 Å². The number of nitrogens with one attached hydrogen (secondary N) is 1. The molecule has 158 valence electrons. The molecule has 5 nitrogen and oxygen atoms in total. The lowest BCUT2D eigenvalue weighted by molar-refractivity contribution is -0.133. The average Bonchev–Trinajstić information content (AvgIpc) is 3.25. The lowest BCUT2D eigenvalue weighted by atomic mass is 9.86. The third-order valence-electron chi connectivity index (χ3n) is 6.80. The maximum atomic E-state index is 13.5. The predicted octanol–water partition coefficient (Wildman–Crippen LogP) is 4.58. The highest BCUT2D eigenvalue weighted by molar-refractivity contribution is 7.19. The lowest BCUT2D eigenvalue weighted by Crippen LogP contribution is -2.65. The molecule has 1 atom stereocenters. The van der Waals surface area contributed by atoms with Gasteiger partial charge in [-0.2, -0.15) is 0 Å². The maximum Gasteiger partial charge on any atom is 0.271 e. The van der Waals surface area contributed by atoms with Gasteiger partial charge in [-0.1, -0.05) is 20.8 Å². The van der Waals surface area contributed by atoms with Crippen LogP contribution in [0.5, 0.6) is 0 Å². The molecule has 0 radical (unpaired) electrons. The van der Waals surface area contributed by atoms with E-state index in [-0.39, 0.29) is 17.9 Å². The Hall–Kier alpha value is -1.82. The Morgan fingerprint density at radius 3 is 2.62 bits per heavy atom. The number of hydrogen-bond donors (Lipinski definition) is 1. The number of aromatic nitrogens is 1. The molecule has 6 heteroatoms. The van der Waals surface area contributed by atoms with Gasteiger partial charge in [-0.25, -0.2) is 0 Å². The van der Waals surface area contributed by atoms with Crippen molar-refractivity contribution in [3.63, 3.8) is 0 Å². The van der Waals surface area contributed by atoms with Crippen molar-refractivity contribution in [2.75, 3.05) is 6.54 Å². The van der Waals surface area contributed by atoms with Gasteiger partial charge in [0.05, 0.1) is 16.8 Å². The highest BCUT2D eigenvalue weighted by atomic mass is 32.1. The second kappa shape index (κ2) is 7.78. The van der Waals surface area contributed by atoms with Crippen LogP contribution < -0.4 is 5.32 Å². The summed E-state index contributed by atoms with van der Waals surface area (Å²) in [4.78, 5) is 30.1. The number of carbonyl (C=O) groups is 2. The Labute approximate surface area is 177 Å². The first-order valence-electron chi connectivity index (χ1n) is 11.1. The van der Waals surface area contributed by atoms with Gasteiger partial charge in [0, 0.05) is 17.5 Å². The number of amides is 2. The summed E-state index contributed by atoms with van der Waals surface area (Å²) >= 11 is 1.75. The van der Waals surface area contributed by atoms with Crippen molar-refractivity contribution in [1.82, 2.24) is 14.8 Å². The zero-order valence-electron chi connectivity index (χ0n) is 18.1. The fourth-order valence-corrected chi connectivity index (χ4v) is 5.92. The first-order valence-corrected chi connectivity index (χ1v) is 11.9. The maximum absolute atomic E-state index is 13.5. The topological polar surface area (TPSA) is 54.3 Å². The Kier molecular flexibility index (Phi) is 5.49. The number of thiophene rings is 1. The molecule has 2 aromatic heterocycles. The quantitative estimate of drug-likeness (QED) is 0.777. The van der Waals surface area contributed by atoms with E-state index < -0.39 is 5.54 Å². The van der Waals surface area contributed by atoms with E-state index in [2.05, 4.69) is 36.7 Å². The van der Waals surface area contributed by atoms with Crippen LogP contribution in [-0.4, -0.2) is 39.4 Å². The Balaban J connectivity index is 1.67. The minimum absolute atomic E-state index is 0.00250. The lowest BCUT2D eigenvalue weighted by Gasteiger charge is -2.45. The highest BCUT2D eigenvalue weighted by Gasteiger charge is 2.48. The summed E-state index contributed by atoms with van der Waals surface area (Å²) in [6.07, 6.45) is 6.22. The van der Waals surface area contributed by atoms with E-state index in [4.69, 9.17) is 0 Å². The molecular weight excluding hydrogens is 382 g/mol. The van der Waals surface area contributed by atoms with Crippen molar-refractivity contribution in [3.05, 3.63) is 22.7 Å². The smallest absolute Gasteiger partial charge is 0.271 e. The summed E-state index contributed by atoms with van der Waals surface area (Å²) in [5.74, 6) is 0.723. The molecule has 3 heterocycles. The van der Waals surface area contributed by atoms with Crippen molar-refractivity contribution in [2.24, 2.45) is 5.92 Å². The zero-order valence-corrected chi connectivity index (χ0v) is 18.9. The molecule has 4 rings (SSSR count). The molecule has 29 heavy (non-hydrogen) atoms. The number of hydrogen-bond acceptors (Lipinski definition) is 3. The first kappa shape index (κ1) is 20.5. The molecule has 2 aliphatic rings. The standard InChI is InChI=1S/C23H33N3O2S/c1-5-11-26-21(27)19-13-20-18(12-17(6-2)29-20)25(19)14-23(26,4)22(28)24-16-9-7-15(3)8-10-16/h12-13,15-16H,5-11,14H2,1-4H3,(H,24,28)/t15?,16?,23-/m0/s1. The highest BCUT2D eigenvalue weighted by Crippen LogP contribution is 2.36.